The highest BCUT2D eigenvalue weighted by molar-refractivity contribution is 7.19. The molecular formula is C19H22N6OS. The third kappa shape index (κ3) is 3.50. The molecule has 1 aliphatic heterocycles. The molecule has 1 amide bonds. The molecule has 7 nitrogen and oxygen atoms in total. The lowest BCUT2D eigenvalue weighted by Crippen LogP contribution is -2.52. The molecule has 0 aromatic carbocycles. The summed E-state index contributed by atoms with van der Waals surface area (Å²) in [7, 11) is 0. The van der Waals surface area contributed by atoms with E-state index in [-0.39, 0.29) is 11.9 Å². The van der Waals surface area contributed by atoms with Crippen molar-refractivity contribution in [3.8, 4) is 0 Å². The molecule has 1 unspecified atom stereocenters. The van der Waals surface area contributed by atoms with Gasteiger partial charge in [-0.2, -0.15) is 0 Å². The summed E-state index contributed by atoms with van der Waals surface area (Å²) in [6.45, 7) is 6.03. The number of nitrogens with two attached hydrogens (primary N) is 1. The Morgan fingerprint density at radius 3 is 2.96 bits per heavy atom. The van der Waals surface area contributed by atoms with Crippen molar-refractivity contribution in [1.82, 2.24) is 19.9 Å². The van der Waals surface area contributed by atoms with Crippen LogP contribution in [-0.2, 0) is 0 Å². The quantitative estimate of drug-likeness (QED) is 0.704. The van der Waals surface area contributed by atoms with Crippen molar-refractivity contribution >= 4 is 33.4 Å². The van der Waals surface area contributed by atoms with E-state index < -0.39 is 0 Å². The zero-order valence-electron chi connectivity index (χ0n) is 15.3. The molecule has 1 aliphatic rings. The van der Waals surface area contributed by atoms with Gasteiger partial charge in [0, 0.05) is 36.3 Å². The van der Waals surface area contributed by atoms with Crippen LogP contribution in [0.5, 0.6) is 0 Å². The first-order valence-electron chi connectivity index (χ1n) is 8.99. The van der Waals surface area contributed by atoms with Crippen LogP contribution in [0.1, 0.15) is 33.9 Å². The van der Waals surface area contributed by atoms with Crippen molar-refractivity contribution in [3.05, 3.63) is 46.7 Å². The minimum absolute atomic E-state index is 0.0236. The number of pyridine rings is 1. The van der Waals surface area contributed by atoms with Crippen molar-refractivity contribution in [2.75, 3.05) is 25.0 Å². The maximum absolute atomic E-state index is 13.0. The summed E-state index contributed by atoms with van der Waals surface area (Å²) < 4.78 is 0.841. The molecule has 0 bridgehead atoms. The van der Waals surface area contributed by atoms with Crippen molar-refractivity contribution in [2.45, 2.75) is 19.9 Å². The third-order valence-corrected chi connectivity index (χ3v) is 5.85. The molecule has 0 radical (unpaired) electrons. The maximum atomic E-state index is 13.0. The Bertz CT molecular complexity index is 967. The molecule has 4 rings (SSSR count). The largest absolute Gasteiger partial charge is 0.348 e. The average Bonchev–Trinajstić information content (AvgIpc) is 3.00. The molecule has 3 aromatic rings. The number of hydrogen-bond donors (Lipinski definition) is 2. The molecule has 1 saturated heterocycles. The molecule has 3 aromatic heterocycles. The number of likely N-dealkylation sites (tertiary alicyclic amines) is 1. The van der Waals surface area contributed by atoms with Crippen LogP contribution in [0.15, 0.2) is 30.6 Å². The molecule has 4 heterocycles. The molecular weight excluding hydrogens is 360 g/mol. The van der Waals surface area contributed by atoms with Crippen LogP contribution in [0, 0.1) is 12.8 Å². The lowest BCUT2D eigenvalue weighted by Gasteiger charge is -2.38. The van der Waals surface area contributed by atoms with Gasteiger partial charge in [-0.05, 0) is 38.1 Å². The first-order valence-corrected chi connectivity index (χ1v) is 9.80. The zero-order valence-corrected chi connectivity index (χ0v) is 16.2. The number of anilines is 1. The van der Waals surface area contributed by atoms with Crippen molar-refractivity contribution in [1.29, 1.82) is 0 Å². The lowest BCUT2D eigenvalue weighted by atomic mass is 10.00. The number of carbonyl (C=O) groups excluding carboxylic acids is 1. The van der Waals surface area contributed by atoms with Crippen molar-refractivity contribution < 1.29 is 4.79 Å². The van der Waals surface area contributed by atoms with E-state index in [1.807, 2.05) is 43.1 Å². The van der Waals surface area contributed by atoms with E-state index in [2.05, 4.69) is 20.3 Å². The normalized spacial score (nSPS) is 15.6. The van der Waals surface area contributed by atoms with Gasteiger partial charge in [0.1, 0.15) is 0 Å². The Labute approximate surface area is 161 Å². The van der Waals surface area contributed by atoms with Crippen LogP contribution in [0.2, 0.25) is 0 Å². The summed E-state index contributed by atoms with van der Waals surface area (Å²) in [5, 5.41) is 3.30. The van der Waals surface area contributed by atoms with Crippen LogP contribution in [0.4, 0.5) is 5.95 Å². The monoisotopic (exact) mass is 382 g/mol. The minimum Gasteiger partial charge on any atom is -0.348 e. The van der Waals surface area contributed by atoms with Crippen LogP contribution in [0.3, 0.4) is 0 Å². The van der Waals surface area contributed by atoms with E-state index in [1.54, 1.807) is 17.5 Å². The van der Waals surface area contributed by atoms with Gasteiger partial charge in [0.25, 0.3) is 5.91 Å². The molecule has 8 heteroatoms. The number of carbonyl (C=O) groups is 1. The number of aromatic nitrogens is 3. The first-order chi connectivity index (χ1) is 13.0. The van der Waals surface area contributed by atoms with E-state index in [0.717, 1.165) is 20.7 Å². The van der Waals surface area contributed by atoms with Gasteiger partial charge in [-0.1, -0.05) is 6.07 Å². The van der Waals surface area contributed by atoms with Crippen LogP contribution < -0.4 is 11.1 Å². The van der Waals surface area contributed by atoms with Gasteiger partial charge < -0.3 is 16.0 Å². The van der Waals surface area contributed by atoms with Gasteiger partial charge in [-0.3, -0.25) is 9.78 Å². The number of nitrogens with zero attached hydrogens (tertiary/aromatic N) is 4. The van der Waals surface area contributed by atoms with E-state index in [9.17, 15) is 4.79 Å². The van der Waals surface area contributed by atoms with Gasteiger partial charge in [-0.15, -0.1) is 11.3 Å². The highest BCUT2D eigenvalue weighted by Gasteiger charge is 2.32. The number of rotatable bonds is 5. The fourth-order valence-corrected chi connectivity index (χ4v) is 4.13. The maximum Gasteiger partial charge on any atom is 0.274 e. The van der Waals surface area contributed by atoms with Crippen LogP contribution in [-0.4, -0.2) is 45.4 Å². The highest BCUT2D eigenvalue weighted by atomic mass is 32.1. The molecule has 0 aliphatic carbocycles. The van der Waals surface area contributed by atoms with Gasteiger partial charge in [-0.25, -0.2) is 9.97 Å². The van der Waals surface area contributed by atoms with Gasteiger partial charge in [0.15, 0.2) is 5.69 Å². The number of fused-ring (bicyclic) bond motifs is 1. The Morgan fingerprint density at radius 1 is 1.44 bits per heavy atom. The SMILES string of the molecule is Cc1cc2nc(NC(C)c3cccnc3)nc(C(=O)N3CC(CN)C3)c2s1. The van der Waals surface area contributed by atoms with Crippen LogP contribution in [0.25, 0.3) is 10.2 Å². The standard InChI is InChI=1S/C19H22N6OS/c1-11-6-15-17(27-11)16(18(26)25-9-13(7-20)10-25)24-19(23-15)22-12(2)14-4-3-5-21-8-14/h3-6,8,12-13H,7,9-10,20H2,1-2H3,(H,22,23,24). The van der Waals surface area contributed by atoms with E-state index in [4.69, 9.17) is 5.73 Å². The van der Waals surface area contributed by atoms with Crippen molar-refractivity contribution in [2.24, 2.45) is 11.7 Å². The average molecular weight is 382 g/mol. The second-order valence-corrected chi connectivity index (χ2v) is 8.19. The Morgan fingerprint density at radius 2 is 2.26 bits per heavy atom. The Kier molecular flexibility index (Phi) is 4.75. The fourth-order valence-electron chi connectivity index (χ4n) is 3.20. The van der Waals surface area contributed by atoms with E-state index >= 15 is 0 Å². The summed E-state index contributed by atoms with van der Waals surface area (Å²) in [5.41, 5.74) is 7.98. The summed E-state index contributed by atoms with van der Waals surface area (Å²) in [6, 6.07) is 5.87. The van der Waals surface area contributed by atoms with E-state index in [0.29, 0.717) is 37.2 Å². The number of hydrogen-bond acceptors (Lipinski definition) is 7. The van der Waals surface area contributed by atoms with Crippen LogP contribution >= 0.6 is 11.3 Å². The third-order valence-electron chi connectivity index (χ3n) is 4.81. The number of amides is 1. The summed E-state index contributed by atoms with van der Waals surface area (Å²) in [4.78, 5) is 29.2. The number of aryl methyl sites for hydroxylation is 1. The molecule has 0 spiro atoms. The molecule has 1 fully saturated rings. The predicted molar refractivity (Wildman–Crippen MR) is 107 cm³/mol. The first kappa shape index (κ1) is 17.8. The summed E-state index contributed by atoms with van der Waals surface area (Å²) >= 11 is 1.55. The van der Waals surface area contributed by atoms with Crippen molar-refractivity contribution in [3.63, 3.8) is 0 Å². The molecule has 1 atom stereocenters. The fraction of sp³-hybridized carbons (Fsp3) is 0.368. The molecule has 0 saturated carbocycles. The predicted octanol–water partition coefficient (Wildman–Crippen LogP) is 2.60. The Balaban J connectivity index is 1.65. The topological polar surface area (TPSA) is 97.0 Å². The smallest absolute Gasteiger partial charge is 0.274 e. The molecule has 140 valence electrons. The number of thiophene rings is 1. The Hall–Kier alpha value is -2.58. The van der Waals surface area contributed by atoms with Gasteiger partial charge in [0.2, 0.25) is 5.95 Å². The zero-order chi connectivity index (χ0) is 19.0. The van der Waals surface area contributed by atoms with E-state index in [1.165, 1.54) is 0 Å². The minimum atomic E-state index is -0.0500. The number of nitrogens with one attached hydrogen (secondary N) is 1. The molecule has 27 heavy (non-hydrogen) atoms. The van der Waals surface area contributed by atoms with Gasteiger partial charge >= 0.3 is 0 Å². The summed E-state index contributed by atoms with van der Waals surface area (Å²) in [5.74, 6) is 0.793. The molecule has 3 N–H and O–H groups in total. The van der Waals surface area contributed by atoms with Gasteiger partial charge in [0.05, 0.1) is 16.3 Å². The lowest BCUT2D eigenvalue weighted by molar-refractivity contribution is 0.0512. The summed E-state index contributed by atoms with van der Waals surface area (Å²) in [6.07, 6.45) is 3.55. The second kappa shape index (κ2) is 7.21. The second-order valence-electron chi connectivity index (χ2n) is 6.93. The highest BCUT2D eigenvalue weighted by Crippen LogP contribution is 2.30.